The zero-order valence-corrected chi connectivity index (χ0v) is 21.0. The molecule has 1 aliphatic carbocycles. The van der Waals surface area contributed by atoms with Gasteiger partial charge in [0.2, 0.25) is 0 Å². The predicted molar refractivity (Wildman–Crippen MR) is 147 cm³/mol. The molecule has 5 aromatic rings. The number of aromatic nitrogens is 3. The average molecular weight is 514 g/mol. The maximum absolute atomic E-state index is 13.7. The number of aromatic amines is 1. The normalized spacial score (nSPS) is 13.4. The lowest BCUT2D eigenvalue weighted by molar-refractivity contribution is -0.118. The molecule has 9 heteroatoms. The molecule has 2 aromatic carbocycles. The van der Waals surface area contributed by atoms with Crippen molar-refractivity contribution in [1.82, 2.24) is 20.0 Å². The molecule has 6 rings (SSSR count). The number of thioether (sulfide) groups is 1. The number of rotatable bonds is 6. The highest BCUT2D eigenvalue weighted by molar-refractivity contribution is 7.99. The van der Waals surface area contributed by atoms with E-state index >= 15 is 0 Å². The molecule has 7 nitrogen and oxygen atoms in total. The highest BCUT2D eigenvalue weighted by Crippen LogP contribution is 2.35. The fraction of sp³-hybridized carbons (Fsp3) is 0.185. The van der Waals surface area contributed by atoms with Crippen LogP contribution in [0, 0.1) is 0 Å². The van der Waals surface area contributed by atoms with Gasteiger partial charge in [0.15, 0.2) is 5.16 Å². The smallest absolute Gasteiger partial charge is 0.267 e. The fourth-order valence-electron chi connectivity index (χ4n) is 4.62. The van der Waals surface area contributed by atoms with Crippen LogP contribution in [0.5, 0.6) is 0 Å². The van der Waals surface area contributed by atoms with Crippen molar-refractivity contribution in [2.24, 2.45) is 5.10 Å². The predicted octanol–water partition coefficient (Wildman–Crippen LogP) is 5.05. The van der Waals surface area contributed by atoms with Crippen LogP contribution >= 0.6 is 23.1 Å². The van der Waals surface area contributed by atoms with E-state index < -0.39 is 0 Å². The Kier molecular flexibility index (Phi) is 6.16. The van der Waals surface area contributed by atoms with Gasteiger partial charge in [0.1, 0.15) is 4.83 Å². The number of hydrogen-bond donors (Lipinski definition) is 2. The van der Waals surface area contributed by atoms with Gasteiger partial charge >= 0.3 is 0 Å². The van der Waals surface area contributed by atoms with Gasteiger partial charge in [-0.2, -0.15) is 5.10 Å². The largest absolute Gasteiger partial charge is 0.361 e. The van der Waals surface area contributed by atoms with E-state index in [0.29, 0.717) is 5.16 Å². The number of carbonyl (C=O) groups excluding carboxylic acids is 1. The SMILES string of the molecule is O=C(CSc1nc2sc3c(c2c(=O)n1-c1ccccc1)CCCC3)N/N=C/c1c[nH]c2ccccc12. The van der Waals surface area contributed by atoms with Gasteiger partial charge in [-0.1, -0.05) is 48.2 Å². The van der Waals surface area contributed by atoms with Crippen molar-refractivity contribution in [3.8, 4) is 5.69 Å². The molecule has 36 heavy (non-hydrogen) atoms. The molecule has 0 saturated heterocycles. The molecule has 0 aliphatic heterocycles. The minimum atomic E-state index is -0.268. The van der Waals surface area contributed by atoms with Crippen molar-refractivity contribution >= 4 is 56.3 Å². The summed E-state index contributed by atoms with van der Waals surface area (Å²) in [5.41, 5.74) is 6.33. The van der Waals surface area contributed by atoms with E-state index in [0.717, 1.165) is 63.6 Å². The van der Waals surface area contributed by atoms with Gasteiger partial charge in [0.25, 0.3) is 11.5 Å². The third-order valence-corrected chi connectivity index (χ3v) is 8.44. The van der Waals surface area contributed by atoms with Gasteiger partial charge in [0.05, 0.1) is 23.0 Å². The third-order valence-electron chi connectivity index (χ3n) is 6.32. The zero-order chi connectivity index (χ0) is 24.5. The van der Waals surface area contributed by atoms with Crippen LogP contribution < -0.4 is 11.0 Å². The van der Waals surface area contributed by atoms with Gasteiger partial charge in [-0.15, -0.1) is 11.3 Å². The van der Waals surface area contributed by atoms with Crippen LogP contribution in [-0.2, 0) is 17.6 Å². The molecule has 3 aromatic heterocycles. The lowest BCUT2D eigenvalue weighted by atomic mass is 9.97. The molecular weight excluding hydrogens is 490 g/mol. The Morgan fingerprint density at radius 1 is 1.14 bits per heavy atom. The van der Waals surface area contributed by atoms with Gasteiger partial charge < -0.3 is 4.98 Å². The van der Waals surface area contributed by atoms with Crippen LogP contribution in [0.4, 0.5) is 0 Å². The highest BCUT2D eigenvalue weighted by atomic mass is 32.2. The van der Waals surface area contributed by atoms with E-state index in [1.54, 1.807) is 22.1 Å². The van der Waals surface area contributed by atoms with E-state index in [1.165, 1.54) is 16.6 Å². The van der Waals surface area contributed by atoms with E-state index in [-0.39, 0.29) is 17.2 Å². The monoisotopic (exact) mass is 513 g/mol. The lowest BCUT2D eigenvalue weighted by Gasteiger charge is -2.13. The van der Waals surface area contributed by atoms with E-state index in [4.69, 9.17) is 4.98 Å². The number of thiophene rings is 1. The Bertz CT molecular complexity index is 1670. The molecule has 0 fully saturated rings. The second-order valence-corrected chi connectivity index (χ2v) is 10.7. The first-order valence-corrected chi connectivity index (χ1v) is 13.6. The Morgan fingerprint density at radius 3 is 2.83 bits per heavy atom. The molecule has 0 saturated carbocycles. The van der Waals surface area contributed by atoms with Crippen LogP contribution in [0.2, 0.25) is 0 Å². The second-order valence-electron chi connectivity index (χ2n) is 8.63. The van der Waals surface area contributed by atoms with Crippen molar-refractivity contribution in [2.45, 2.75) is 30.8 Å². The zero-order valence-electron chi connectivity index (χ0n) is 19.4. The Hall–Kier alpha value is -3.69. The first kappa shape index (κ1) is 22.8. The molecule has 1 aliphatic rings. The summed E-state index contributed by atoms with van der Waals surface area (Å²) < 4.78 is 1.64. The number of nitrogens with one attached hydrogen (secondary N) is 2. The quantitative estimate of drug-likeness (QED) is 0.144. The van der Waals surface area contributed by atoms with Crippen LogP contribution in [0.1, 0.15) is 28.8 Å². The Balaban J connectivity index is 1.26. The highest BCUT2D eigenvalue weighted by Gasteiger charge is 2.23. The number of aryl methyl sites for hydroxylation is 2. The molecule has 0 unspecified atom stereocenters. The lowest BCUT2D eigenvalue weighted by Crippen LogP contribution is -2.24. The maximum atomic E-state index is 13.7. The number of nitrogens with zero attached hydrogens (tertiary/aromatic N) is 3. The summed E-state index contributed by atoms with van der Waals surface area (Å²) in [4.78, 5) is 36.4. The molecule has 0 bridgehead atoms. The molecule has 0 spiro atoms. The van der Waals surface area contributed by atoms with Crippen molar-refractivity contribution in [3.63, 3.8) is 0 Å². The van der Waals surface area contributed by atoms with Crippen molar-refractivity contribution in [1.29, 1.82) is 0 Å². The standard InChI is InChI=1S/C27H23N5O2S2/c33-23(31-29-15-17-14-28-21-12-6-4-10-19(17)21)16-35-27-30-25-24(20-11-5-7-13-22(20)36-25)26(34)32(27)18-8-2-1-3-9-18/h1-4,6,8-10,12,14-15,28H,5,7,11,13,16H2,(H,31,33)/b29-15+. The van der Waals surface area contributed by atoms with Gasteiger partial charge in [-0.05, 0) is 49.4 Å². The summed E-state index contributed by atoms with van der Waals surface area (Å²) in [5, 5.41) is 6.40. The summed E-state index contributed by atoms with van der Waals surface area (Å²) in [6, 6.07) is 17.4. The van der Waals surface area contributed by atoms with E-state index in [1.807, 2.05) is 60.8 Å². The number of amides is 1. The van der Waals surface area contributed by atoms with Crippen molar-refractivity contribution in [3.05, 3.63) is 87.2 Å². The van der Waals surface area contributed by atoms with Gasteiger partial charge in [0, 0.05) is 27.5 Å². The summed E-state index contributed by atoms with van der Waals surface area (Å²) in [5.74, 6) is -0.184. The van der Waals surface area contributed by atoms with Crippen LogP contribution in [0.25, 0.3) is 26.8 Å². The van der Waals surface area contributed by atoms with E-state index in [2.05, 4.69) is 15.5 Å². The molecule has 0 radical (unpaired) electrons. The number of benzene rings is 2. The fourth-order valence-corrected chi connectivity index (χ4v) is 6.73. The number of fused-ring (bicyclic) bond motifs is 4. The number of hydrogen-bond acceptors (Lipinski definition) is 6. The molecule has 0 atom stereocenters. The summed E-state index contributed by atoms with van der Waals surface area (Å²) in [7, 11) is 0. The molecule has 2 N–H and O–H groups in total. The number of para-hydroxylation sites is 2. The maximum Gasteiger partial charge on any atom is 0.267 e. The topological polar surface area (TPSA) is 92.1 Å². The molecule has 1 amide bonds. The first-order chi connectivity index (χ1) is 17.7. The minimum Gasteiger partial charge on any atom is -0.361 e. The van der Waals surface area contributed by atoms with E-state index in [9.17, 15) is 9.59 Å². The Morgan fingerprint density at radius 2 is 1.94 bits per heavy atom. The number of hydrazone groups is 1. The third kappa shape index (κ3) is 4.25. The summed E-state index contributed by atoms with van der Waals surface area (Å²) >= 11 is 2.86. The molecule has 3 heterocycles. The summed E-state index contributed by atoms with van der Waals surface area (Å²) in [6.45, 7) is 0. The number of H-pyrrole nitrogens is 1. The van der Waals surface area contributed by atoms with Crippen LogP contribution in [-0.4, -0.2) is 32.4 Å². The Labute approximate surface area is 215 Å². The van der Waals surface area contributed by atoms with Crippen LogP contribution in [0.3, 0.4) is 0 Å². The van der Waals surface area contributed by atoms with Gasteiger partial charge in [-0.25, -0.2) is 10.4 Å². The van der Waals surface area contributed by atoms with Crippen molar-refractivity contribution < 1.29 is 4.79 Å². The second kappa shape index (κ2) is 9.75. The molecular formula is C27H23N5O2S2. The number of carbonyl (C=O) groups is 1. The van der Waals surface area contributed by atoms with Crippen molar-refractivity contribution in [2.75, 3.05) is 5.75 Å². The van der Waals surface area contributed by atoms with Crippen LogP contribution in [0.15, 0.2) is 75.8 Å². The minimum absolute atomic E-state index is 0.0640. The molecule has 180 valence electrons. The summed E-state index contributed by atoms with van der Waals surface area (Å²) in [6.07, 6.45) is 7.65. The van der Waals surface area contributed by atoms with Gasteiger partial charge in [-0.3, -0.25) is 14.2 Å². The first-order valence-electron chi connectivity index (χ1n) is 11.8. The average Bonchev–Trinajstić information content (AvgIpc) is 3.49.